The zero-order valence-electron chi connectivity index (χ0n) is 23.0. The first-order valence-corrected chi connectivity index (χ1v) is 13.8. The average molecular weight is 599 g/mol. The van der Waals surface area contributed by atoms with Crippen LogP contribution in [0.15, 0.2) is 78.9 Å². The van der Waals surface area contributed by atoms with Crippen molar-refractivity contribution in [1.29, 1.82) is 0 Å². The van der Waals surface area contributed by atoms with Gasteiger partial charge in [-0.15, -0.1) is 0 Å². The molecule has 3 aromatic carbocycles. The number of alkyl halides is 3. The van der Waals surface area contributed by atoms with Crippen LogP contribution in [-0.4, -0.2) is 28.5 Å². The van der Waals surface area contributed by atoms with E-state index in [1.807, 2.05) is 13.8 Å². The summed E-state index contributed by atoms with van der Waals surface area (Å²) in [5.74, 6) is -1.38. The number of para-hydroxylation sites is 1. The molecule has 1 heterocycles. The topological polar surface area (TPSA) is 88.5 Å². The van der Waals surface area contributed by atoms with Crippen LogP contribution in [0.1, 0.15) is 66.4 Å². The SMILES string of the molecule is CCC[C@@](C)(c1ccc(C(=O)NCCC(=O)O)cc1)[C@@H](Oc1cc(C(F)(F)F)nc2ccccc12)c1ccc(Cl)cc1. The Hall–Kier alpha value is -4.11. The standard InChI is InChI=1S/C32H30ClF3N2O4/c1-3-17-31(2,22-12-8-21(9-13-22)30(41)37-18-16-28(39)40)29(20-10-14-23(33)15-11-20)42-26-19-27(32(34,35)36)38-25-7-5-4-6-24(25)26/h4-15,19,29H,3,16-18H2,1-2H3,(H,37,41)(H,39,40)/t29-,31-/m0/s1. The minimum atomic E-state index is -4.68. The summed E-state index contributed by atoms with van der Waals surface area (Å²) in [6.07, 6.45) is -4.30. The predicted octanol–water partition coefficient (Wildman–Crippen LogP) is 7.99. The highest BCUT2D eigenvalue weighted by Gasteiger charge is 2.40. The highest BCUT2D eigenvalue weighted by molar-refractivity contribution is 6.30. The van der Waals surface area contributed by atoms with Crippen LogP contribution in [0.4, 0.5) is 13.2 Å². The van der Waals surface area contributed by atoms with E-state index in [1.165, 1.54) is 6.07 Å². The number of carboxylic acid groups (broad SMARTS) is 1. The smallest absolute Gasteiger partial charge is 0.433 e. The average Bonchev–Trinajstić information content (AvgIpc) is 2.95. The van der Waals surface area contributed by atoms with Crippen molar-refractivity contribution in [1.82, 2.24) is 10.3 Å². The number of carboxylic acids is 1. The van der Waals surface area contributed by atoms with Gasteiger partial charge in [0.25, 0.3) is 5.91 Å². The van der Waals surface area contributed by atoms with Crippen LogP contribution in [0.5, 0.6) is 5.75 Å². The van der Waals surface area contributed by atoms with Gasteiger partial charge in [-0.2, -0.15) is 13.2 Å². The lowest BCUT2D eigenvalue weighted by molar-refractivity contribution is -0.141. The Bertz CT molecular complexity index is 1560. The zero-order valence-corrected chi connectivity index (χ0v) is 23.8. The molecule has 6 nitrogen and oxygen atoms in total. The van der Waals surface area contributed by atoms with Crippen molar-refractivity contribution in [3.05, 3.63) is 106 Å². The number of fused-ring (bicyclic) bond motifs is 1. The molecule has 0 bridgehead atoms. The first-order valence-electron chi connectivity index (χ1n) is 13.4. The maximum absolute atomic E-state index is 13.8. The normalized spacial score (nSPS) is 13.8. The second kappa shape index (κ2) is 12.8. The molecule has 0 aliphatic heterocycles. The van der Waals surface area contributed by atoms with Gasteiger partial charge in [0.15, 0.2) is 0 Å². The van der Waals surface area contributed by atoms with Gasteiger partial charge in [-0.1, -0.05) is 68.3 Å². The molecular weight excluding hydrogens is 569 g/mol. The third-order valence-electron chi connectivity index (χ3n) is 7.17. The van der Waals surface area contributed by atoms with E-state index in [0.717, 1.165) is 18.1 Å². The maximum Gasteiger partial charge on any atom is 0.433 e. The number of halogens is 4. The summed E-state index contributed by atoms with van der Waals surface area (Å²) < 4.78 is 48.1. The number of carbonyl (C=O) groups excluding carboxylic acids is 1. The molecule has 220 valence electrons. The molecule has 4 rings (SSSR count). The van der Waals surface area contributed by atoms with Crippen LogP contribution in [0, 0.1) is 0 Å². The van der Waals surface area contributed by atoms with E-state index in [0.29, 0.717) is 28.0 Å². The van der Waals surface area contributed by atoms with Gasteiger partial charge < -0.3 is 15.2 Å². The second-order valence-corrected chi connectivity index (χ2v) is 10.7. The van der Waals surface area contributed by atoms with Gasteiger partial charge in [0.2, 0.25) is 0 Å². The maximum atomic E-state index is 13.8. The van der Waals surface area contributed by atoms with Crippen LogP contribution in [0.25, 0.3) is 10.9 Å². The van der Waals surface area contributed by atoms with Crippen LogP contribution in [0.3, 0.4) is 0 Å². The van der Waals surface area contributed by atoms with Crippen LogP contribution >= 0.6 is 11.6 Å². The Morgan fingerprint density at radius 3 is 2.31 bits per heavy atom. The fraction of sp³-hybridized carbons (Fsp3) is 0.281. The number of aromatic nitrogens is 1. The number of hydrogen-bond donors (Lipinski definition) is 2. The summed E-state index contributed by atoms with van der Waals surface area (Å²) in [7, 11) is 0. The molecule has 10 heteroatoms. The van der Waals surface area contributed by atoms with Crippen LogP contribution in [0.2, 0.25) is 5.02 Å². The minimum absolute atomic E-state index is 0.00421. The van der Waals surface area contributed by atoms with Crippen molar-refractivity contribution < 1.29 is 32.6 Å². The summed E-state index contributed by atoms with van der Waals surface area (Å²) in [5.41, 5.74) is 0.209. The Labute approximate surface area is 246 Å². The molecule has 0 fully saturated rings. The van der Waals surface area contributed by atoms with Gasteiger partial charge in [-0.3, -0.25) is 9.59 Å². The number of hydrogen-bond acceptors (Lipinski definition) is 4. The van der Waals surface area contributed by atoms with E-state index in [-0.39, 0.29) is 24.2 Å². The number of nitrogens with one attached hydrogen (secondary N) is 1. The first kappa shape index (κ1) is 30.8. The van der Waals surface area contributed by atoms with E-state index < -0.39 is 35.3 Å². The summed E-state index contributed by atoms with van der Waals surface area (Å²) in [6.45, 7) is 3.98. The number of amides is 1. The molecule has 0 aliphatic carbocycles. The molecule has 0 saturated carbocycles. The number of ether oxygens (including phenoxy) is 1. The Balaban J connectivity index is 1.80. The largest absolute Gasteiger partial charge is 0.484 e. The second-order valence-electron chi connectivity index (χ2n) is 10.2. The monoisotopic (exact) mass is 598 g/mol. The Kier molecular flexibility index (Phi) is 9.41. The molecule has 2 N–H and O–H groups in total. The number of pyridine rings is 1. The van der Waals surface area contributed by atoms with Gasteiger partial charge >= 0.3 is 12.1 Å². The zero-order chi connectivity index (χ0) is 30.5. The summed E-state index contributed by atoms with van der Waals surface area (Å²) in [4.78, 5) is 27.1. The van der Waals surface area contributed by atoms with E-state index in [2.05, 4.69) is 10.3 Å². The molecule has 0 saturated heterocycles. The van der Waals surface area contributed by atoms with Gasteiger partial charge in [0.05, 0.1) is 11.9 Å². The van der Waals surface area contributed by atoms with Crippen molar-refractivity contribution in [3.63, 3.8) is 0 Å². The van der Waals surface area contributed by atoms with Gasteiger partial charge in [0, 0.05) is 34.0 Å². The summed E-state index contributed by atoms with van der Waals surface area (Å²) in [5, 5.41) is 12.3. The van der Waals surface area contributed by atoms with Crippen LogP contribution in [-0.2, 0) is 16.4 Å². The summed E-state index contributed by atoms with van der Waals surface area (Å²) >= 11 is 6.17. The number of carbonyl (C=O) groups is 2. The fourth-order valence-corrected chi connectivity index (χ4v) is 5.18. The van der Waals surface area contributed by atoms with Crippen molar-refractivity contribution in [3.8, 4) is 5.75 Å². The van der Waals surface area contributed by atoms with E-state index >= 15 is 0 Å². The number of nitrogens with zero attached hydrogens (tertiary/aromatic N) is 1. The molecule has 0 unspecified atom stereocenters. The lowest BCUT2D eigenvalue weighted by Crippen LogP contribution is -2.34. The Morgan fingerprint density at radius 2 is 1.69 bits per heavy atom. The Morgan fingerprint density at radius 1 is 1.02 bits per heavy atom. The molecule has 0 radical (unpaired) electrons. The molecular formula is C32H30ClF3N2O4. The predicted molar refractivity (Wildman–Crippen MR) is 155 cm³/mol. The number of aliphatic carboxylic acids is 1. The lowest BCUT2D eigenvalue weighted by Gasteiger charge is -2.39. The van der Waals surface area contributed by atoms with E-state index in [4.69, 9.17) is 21.4 Å². The summed E-state index contributed by atoms with van der Waals surface area (Å²) in [6, 6.07) is 21.3. The third-order valence-corrected chi connectivity index (χ3v) is 7.42. The molecule has 1 aromatic heterocycles. The number of rotatable bonds is 11. The fourth-order valence-electron chi connectivity index (χ4n) is 5.05. The number of benzene rings is 3. The lowest BCUT2D eigenvalue weighted by atomic mass is 9.71. The quantitative estimate of drug-likeness (QED) is 0.183. The van der Waals surface area contributed by atoms with Gasteiger partial charge in [-0.25, -0.2) is 4.98 Å². The molecule has 1 amide bonds. The molecule has 42 heavy (non-hydrogen) atoms. The van der Waals surface area contributed by atoms with Gasteiger partial charge in [0.1, 0.15) is 17.5 Å². The third kappa shape index (κ3) is 7.02. The van der Waals surface area contributed by atoms with Crippen molar-refractivity contribution in [2.45, 2.75) is 50.8 Å². The van der Waals surface area contributed by atoms with Crippen molar-refractivity contribution >= 4 is 34.4 Å². The van der Waals surface area contributed by atoms with Gasteiger partial charge in [-0.05, 0) is 53.9 Å². The molecule has 4 aromatic rings. The van der Waals surface area contributed by atoms with E-state index in [1.54, 1.807) is 66.7 Å². The van der Waals surface area contributed by atoms with Crippen molar-refractivity contribution in [2.75, 3.05) is 6.54 Å². The van der Waals surface area contributed by atoms with Crippen LogP contribution < -0.4 is 10.1 Å². The van der Waals surface area contributed by atoms with E-state index in [9.17, 15) is 22.8 Å². The highest BCUT2D eigenvalue weighted by atomic mass is 35.5. The first-order chi connectivity index (χ1) is 19.9. The minimum Gasteiger partial charge on any atom is -0.484 e. The molecule has 0 aliphatic rings. The molecule has 2 atom stereocenters. The molecule has 0 spiro atoms. The highest BCUT2D eigenvalue weighted by Crippen LogP contribution is 2.46. The van der Waals surface area contributed by atoms with Crippen molar-refractivity contribution in [2.24, 2.45) is 0 Å².